The third kappa shape index (κ3) is 6.70. The van der Waals surface area contributed by atoms with Gasteiger partial charge in [0.05, 0.1) is 5.92 Å². The summed E-state index contributed by atoms with van der Waals surface area (Å²) in [7, 11) is 0. The first kappa shape index (κ1) is 21.4. The first-order valence-electron chi connectivity index (χ1n) is 8.71. The van der Waals surface area contributed by atoms with E-state index in [1.165, 1.54) is 19.2 Å². The summed E-state index contributed by atoms with van der Waals surface area (Å²) in [6.45, 7) is 0.951. The lowest BCUT2D eigenvalue weighted by atomic mass is 9.99. The largest absolute Gasteiger partial charge is 0.480 e. The van der Waals surface area contributed by atoms with Crippen molar-refractivity contribution in [3.63, 3.8) is 0 Å². The number of nitrogens with one attached hydrogen (secondary N) is 1. The molecule has 1 aromatic rings. The molecular formula is C20H22N2O5S. The summed E-state index contributed by atoms with van der Waals surface area (Å²) in [4.78, 5) is 48.7. The second kappa shape index (κ2) is 10.5. The molecule has 0 saturated heterocycles. The number of rotatable bonds is 8. The third-order valence-corrected chi connectivity index (χ3v) is 4.99. The molecule has 2 N–H and O–H groups in total. The average molecular weight is 402 g/mol. The Morgan fingerprint density at radius 3 is 2.57 bits per heavy atom. The third-order valence-electron chi connectivity index (χ3n) is 4.02. The molecule has 1 aliphatic rings. The van der Waals surface area contributed by atoms with Crippen molar-refractivity contribution >= 4 is 34.7 Å². The molecule has 0 radical (unpaired) electrons. The molecular weight excluding hydrogens is 380 g/mol. The van der Waals surface area contributed by atoms with Crippen LogP contribution in [0.1, 0.15) is 12.5 Å². The van der Waals surface area contributed by atoms with Gasteiger partial charge in [0, 0.05) is 18.9 Å². The molecule has 0 saturated carbocycles. The zero-order valence-corrected chi connectivity index (χ0v) is 16.2. The van der Waals surface area contributed by atoms with Gasteiger partial charge in [-0.15, -0.1) is 0 Å². The monoisotopic (exact) mass is 402 g/mol. The zero-order chi connectivity index (χ0) is 20.5. The van der Waals surface area contributed by atoms with E-state index in [4.69, 9.17) is 5.11 Å². The van der Waals surface area contributed by atoms with Gasteiger partial charge in [0.2, 0.25) is 5.91 Å². The Labute approximate surface area is 167 Å². The maximum Gasteiger partial charge on any atom is 0.323 e. The number of aliphatic carboxylic acids is 1. The SMILES string of the molecule is CC(=O)SC[C@@H](Cc1ccccc1)C(=O)N[C@H]1C=CC=CN(CC(=O)O)C1=O. The van der Waals surface area contributed by atoms with Gasteiger partial charge in [-0.1, -0.05) is 54.2 Å². The van der Waals surface area contributed by atoms with E-state index in [0.717, 1.165) is 22.2 Å². The molecule has 1 heterocycles. The highest BCUT2D eigenvalue weighted by atomic mass is 32.2. The van der Waals surface area contributed by atoms with Crippen molar-refractivity contribution in [2.24, 2.45) is 5.92 Å². The predicted octanol–water partition coefficient (Wildman–Crippen LogP) is 1.61. The van der Waals surface area contributed by atoms with Crippen molar-refractivity contribution in [1.82, 2.24) is 10.2 Å². The van der Waals surface area contributed by atoms with Crippen LogP contribution in [-0.2, 0) is 25.6 Å². The Hall–Kier alpha value is -2.87. The van der Waals surface area contributed by atoms with Gasteiger partial charge in [-0.2, -0.15) is 0 Å². The standard InChI is InChI=1S/C20H22N2O5S/c1-14(23)28-13-16(11-15-7-3-2-4-8-15)19(26)21-17-9-5-6-10-22(20(17)27)12-18(24)25/h2-10,16-17H,11-13H2,1H3,(H,21,26)(H,24,25)/t16-,17+/m1/s1. The van der Waals surface area contributed by atoms with Crippen molar-refractivity contribution in [3.8, 4) is 0 Å². The van der Waals surface area contributed by atoms with Crippen LogP contribution in [0.5, 0.6) is 0 Å². The fraction of sp³-hybridized carbons (Fsp3) is 0.300. The minimum Gasteiger partial charge on any atom is -0.480 e. The number of amides is 2. The Morgan fingerprint density at radius 1 is 1.21 bits per heavy atom. The minimum absolute atomic E-state index is 0.0897. The summed E-state index contributed by atoms with van der Waals surface area (Å²) in [6, 6.07) is 8.44. The van der Waals surface area contributed by atoms with Crippen molar-refractivity contribution in [3.05, 3.63) is 60.3 Å². The van der Waals surface area contributed by atoms with Crippen LogP contribution in [0.15, 0.2) is 54.8 Å². The number of hydrogen-bond donors (Lipinski definition) is 2. The van der Waals surface area contributed by atoms with Crippen molar-refractivity contribution in [1.29, 1.82) is 0 Å². The molecule has 0 fully saturated rings. The summed E-state index contributed by atoms with van der Waals surface area (Å²) < 4.78 is 0. The van der Waals surface area contributed by atoms with E-state index < -0.39 is 30.4 Å². The number of carbonyl (C=O) groups excluding carboxylic acids is 3. The van der Waals surface area contributed by atoms with Crippen molar-refractivity contribution in [2.75, 3.05) is 12.3 Å². The van der Waals surface area contributed by atoms with Crippen LogP contribution in [-0.4, -0.2) is 51.2 Å². The lowest BCUT2D eigenvalue weighted by molar-refractivity contribution is -0.143. The summed E-state index contributed by atoms with van der Waals surface area (Å²) in [5.74, 6) is -2.26. The summed E-state index contributed by atoms with van der Waals surface area (Å²) in [6.07, 6.45) is 6.43. The quantitative estimate of drug-likeness (QED) is 0.685. The van der Waals surface area contributed by atoms with Crippen LogP contribution in [0.25, 0.3) is 0 Å². The fourth-order valence-corrected chi connectivity index (χ4v) is 3.37. The molecule has 2 rings (SSSR count). The highest BCUT2D eigenvalue weighted by Gasteiger charge is 2.28. The van der Waals surface area contributed by atoms with E-state index in [0.29, 0.717) is 6.42 Å². The molecule has 0 aromatic heterocycles. The number of benzene rings is 1. The molecule has 1 aliphatic heterocycles. The van der Waals surface area contributed by atoms with Crippen molar-refractivity contribution < 1.29 is 24.3 Å². The molecule has 0 aliphatic carbocycles. The van der Waals surface area contributed by atoms with Crippen LogP contribution in [0.4, 0.5) is 0 Å². The number of allylic oxidation sites excluding steroid dienone is 2. The summed E-state index contributed by atoms with van der Waals surface area (Å²) in [5, 5.41) is 11.5. The molecule has 148 valence electrons. The van der Waals surface area contributed by atoms with Crippen LogP contribution in [0.3, 0.4) is 0 Å². The molecule has 28 heavy (non-hydrogen) atoms. The predicted molar refractivity (Wildman–Crippen MR) is 106 cm³/mol. The second-order valence-electron chi connectivity index (χ2n) is 6.26. The first-order chi connectivity index (χ1) is 13.4. The van der Waals surface area contributed by atoms with Gasteiger partial charge in [-0.05, 0) is 18.1 Å². The van der Waals surface area contributed by atoms with E-state index in [1.54, 1.807) is 12.2 Å². The average Bonchev–Trinajstić information content (AvgIpc) is 2.81. The van der Waals surface area contributed by atoms with E-state index in [1.807, 2.05) is 30.3 Å². The van der Waals surface area contributed by atoms with E-state index in [-0.39, 0.29) is 16.8 Å². The molecule has 8 heteroatoms. The number of nitrogens with zero attached hydrogens (tertiary/aromatic N) is 1. The lowest BCUT2D eigenvalue weighted by Gasteiger charge is -2.23. The highest BCUT2D eigenvalue weighted by molar-refractivity contribution is 8.13. The van der Waals surface area contributed by atoms with Gasteiger partial charge in [0.25, 0.3) is 5.91 Å². The second-order valence-corrected chi connectivity index (χ2v) is 7.46. The molecule has 7 nitrogen and oxygen atoms in total. The first-order valence-corrected chi connectivity index (χ1v) is 9.70. The summed E-state index contributed by atoms with van der Waals surface area (Å²) >= 11 is 1.06. The zero-order valence-electron chi connectivity index (χ0n) is 15.4. The van der Waals surface area contributed by atoms with E-state index >= 15 is 0 Å². The maximum atomic E-state index is 12.8. The van der Waals surface area contributed by atoms with Gasteiger partial charge in [-0.25, -0.2) is 0 Å². The fourth-order valence-electron chi connectivity index (χ4n) is 2.66. The number of thioether (sulfide) groups is 1. The number of carboxylic acid groups (broad SMARTS) is 1. The van der Waals surface area contributed by atoms with Crippen LogP contribution < -0.4 is 5.32 Å². The number of carbonyl (C=O) groups is 4. The molecule has 1 aromatic carbocycles. The normalized spacial score (nSPS) is 17.1. The number of carboxylic acids is 1. The van der Waals surface area contributed by atoms with Crippen LogP contribution in [0.2, 0.25) is 0 Å². The minimum atomic E-state index is -1.15. The van der Waals surface area contributed by atoms with Gasteiger partial charge in [0.15, 0.2) is 5.12 Å². The van der Waals surface area contributed by atoms with E-state index in [2.05, 4.69) is 5.32 Å². The molecule has 2 amide bonds. The Bertz CT molecular complexity index is 791. The molecule has 0 bridgehead atoms. The van der Waals surface area contributed by atoms with Crippen LogP contribution in [0, 0.1) is 5.92 Å². The van der Waals surface area contributed by atoms with Crippen LogP contribution >= 0.6 is 11.8 Å². The topological polar surface area (TPSA) is 104 Å². The molecule has 2 atom stereocenters. The van der Waals surface area contributed by atoms with Gasteiger partial charge >= 0.3 is 5.97 Å². The van der Waals surface area contributed by atoms with Gasteiger partial charge in [0.1, 0.15) is 12.6 Å². The lowest BCUT2D eigenvalue weighted by Crippen LogP contribution is -2.48. The highest BCUT2D eigenvalue weighted by Crippen LogP contribution is 2.17. The Balaban J connectivity index is 2.10. The molecule has 0 spiro atoms. The van der Waals surface area contributed by atoms with Crippen molar-refractivity contribution in [2.45, 2.75) is 19.4 Å². The molecule has 0 unspecified atom stereocenters. The number of hydrogen-bond acceptors (Lipinski definition) is 5. The smallest absolute Gasteiger partial charge is 0.323 e. The van der Waals surface area contributed by atoms with E-state index in [9.17, 15) is 19.2 Å². The van der Waals surface area contributed by atoms with Gasteiger partial charge in [-0.3, -0.25) is 19.2 Å². The Morgan fingerprint density at radius 2 is 1.93 bits per heavy atom. The maximum absolute atomic E-state index is 12.8. The summed E-state index contributed by atoms with van der Waals surface area (Å²) in [5.41, 5.74) is 0.948. The Kier molecular flexibility index (Phi) is 8.01. The van der Waals surface area contributed by atoms with Gasteiger partial charge < -0.3 is 15.3 Å².